The van der Waals surface area contributed by atoms with Crippen molar-refractivity contribution in [3.63, 3.8) is 0 Å². The van der Waals surface area contributed by atoms with E-state index < -0.39 is 0 Å². The Morgan fingerprint density at radius 3 is 2.89 bits per heavy atom. The number of ketones is 1. The van der Waals surface area contributed by atoms with E-state index >= 15 is 0 Å². The van der Waals surface area contributed by atoms with Gasteiger partial charge in [-0.05, 0) is 18.2 Å². The van der Waals surface area contributed by atoms with Crippen molar-refractivity contribution in [1.82, 2.24) is 9.55 Å². The summed E-state index contributed by atoms with van der Waals surface area (Å²) in [6, 6.07) is 5.31. The summed E-state index contributed by atoms with van der Waals surface area (Å²) in [5.41, 5.74) is 0.623. The highest BCUT2D eigenvalue weighted by molar-refractivity contribution is 5.96. The summed E-state index contributed by atoms with van der Waals surface area (Å²) in [5.74, 6) is 1.37. The number of aromatic nitrogens is 2. The average Bonchev–Trinajstić information content (AvgIpc) is 2.81. The van der Waals surface area contributed by atoms with Gasteiger partial charge in [0.25, 0.3) is 0 Å². The van der Waals surface area contributed by atoms with E-state index in [2.05, 4.69) is 4.98 Å². The van der Waals surface area contributed by atoms with Crippen LogP contribution < -0.4 is 9.47 Å². The summed E-state index contributed by atoms with van der Waals surface area (Å²) in [6.45, 7) is 1.54. The van der Waals surface area contributed by atoms with Crippen molar-refractivity contribution in [3.8, 4) is 11.5 Å². The first kappa shape index (κ1) is 11.8. The van der Waals surface area contributed by atoms with Crippen LogP contribution >= 0.6 is 0 Å². The highest BCUT2D eigenvalue weighted by Crippen LogP contribution is 2.30. The number of carbonyl (C=O) groups excluding carboxylic acids is 1. The largest absolute Gasteiger partial charge is 0.490 e. The first-order chi connectivity index (χ1) is 9.33. The number of imidazole rings is 1. The van der Waals surface area contributed by atoms with Crippen LogP contribution in [0.4, 0.5) is 0 Å². The van der Waals surface area contributed by atoms with E-state index in [-0.39, 0.29) is 12.3 Å². The minimum Gasteiger partial charge on any atom is -0.490 e. The molecule has 2 aromatic rings. The molecule has 0 N–H and O–H groups in total. The Kier molecular flexibility index (Phi) is 3.18. The summed E-state index contributed by atoms with van der Waals surface area (Å²) in [6.07, 6.45) is 5.90. The lowest BCUT2D eigenvalue weighted by molar-refractivity contribution is 0.0971. The van der Waals surface area contributed by atoms with Crippen molar-refractivity contribution in [2.75, 3.05) is 13.2 Å². The van der Waals surface area contributed by atoms with E-state index in [0.717, 1.165) is 6.42 Å². The zero-order chi connectivity index (χ0) is 13.1. The predicted octanol–water partition coefficient (Wildman–Crippen LogP) is 1.93. The smallest absolute Gasteiger partial charge is 0.182 e. The van der Waals surface area contributed by atoms with E-state index in [1.807, 2.05) is 0 Å². The van der Waals surface area contributed by atoms with Crippen LogP contribution in [0.25, 0.3) is 0 Å². The van der Waals surface area contributed by atoms with Crippen molar-refractivity contribution in [1.29, 1.82) is 0 Å². The summed E-state index contributed by atoms with van der Waals surface area (Å²) < 4.78 is 12.9. The Bertz CT molecular complexity index is 578. The number of ether oxygens (including phenoxy) is 2. The van der Waals surface area contributed by atoms with Crippen LogP contribution in [-0.2, 0) is 6.54 Å². The van der Waals surface area contributed by atoms with E-state index in [4.69, 9.17) is 9.47 Å². The fourth-order valence-corrected chi connectivity index (χ4v) is 1.97. The van der Waals surface area contributed by atoms with Crippen LogP contribution in [0, 0.1) is 0 Å². The molecule has 1 aromatic heterocycles. The fraction of sp³-hybridized carbons (Fsp3) is 0.286. The van der Waals surface area contributed by atoms with Gasteiger partial charge in [0.05, 0.1) is 26.1 Å². The molecule has 1 aliphatic rings. The molecule has 1 aliphatic heterocycles. The van der Waals surface area contributed by atoms with E-state index in [1.54, 1.807) is 41.5 Å². The van der Waals surface area contributed by atoms with Crippen LogP contribution in [0.15, 0.2) is 36.9 Å². The molecule has 0 saturated carbocycles. The zero-order valence-corrected chi connectivity index (χ0v) is 10.4. The van der Waals surface area contributed by atoms with Crippen molar-refractivity contribution >= 4 is 5.78 Å². The molecule has 0 radical (unpaired) electrons. The Morgan fingerprint density at radius 1 is 1.26 bits per heavy atom. The number of nitrogens with zero attached hydrogens (tertiary/aromatic N) is 2. The van der Waals surface area contributed by atoms with Crippen LogP contribution in [0.1, 0.15) is 16.8 Å². The molecule has 0 saturated heterocycles. The molecule has 0 unspecified atom stereocenters. The molecule has 0 fully saturated rings. The summed E-state index contributed by atoms with van der Waals surface area (Å²) in [4.78, 5) is 16.1. The van der Waals surface area contributed by atoms with Crippen LogP contribution in [0.3, 0.4) is 0 Å². The highest BCUT2D eigenvalue weighted by Gasteiger charge is 2.14. The third kappa shape index (κ3) is 2.59. The molecule has 3 rings (SSSR count). The molecule has 5 nitrogen and oxygen atoms in total. The van der Waals surface area contributed by atoms with E-state index in [1.165, 1.54) is 0 Å². The van der Waals surface area contributed by atoms with Gasteiger partial charge < -0.3 is 14.0 Å². The third-order valence-electron chi connectivity index (χ3n) is 2.95. The molecule has 0 amide bonds. The van der Waals surface area contributed by atoms with Crippen molar-refractivity contribution in [3.05, 3.63) is 42.5 Å². The maximum atomic E-state index is 12.1. The lowest BCUT2D eigenvalue weighted by Gasteiger charge is -2.09. The third-order valence-corrected chi connectivity index (χ3v) is 2.95. The Morgan fingerprint density at radius 2 is 2.11 bits per heavy atom. The maximum absolute atomic E-state index is 12.1. The second kappa shape index (κ2) is 5.14. The van der Waals surface area contributed by atoms with Crippen molar-refractivity contribution in [2.45, 2.75) is 13.0 Å². The van der Waals surface area contributed by atoms with Gasteiger partial charge in [-0.1, -0.05) is 0 Å². The molecular weight excluding hydrogens is 244 g/mol. The number of Topliss-reactive ketones (excluding diaryl/α,β-unsaturated/α-hetero) is 1. The lowest BCUT2D eigenvalue weighted by atomic mass is 10.1. The Hall–Kier alpha value is -2.30. The van der Waals surface area contributed by atoms with Gasteiger partial charge in [-0.25, -0.2) is 4.98 Å². The minimum absolute atomic E-state index is 0.0219. The predicted molar refractivity (Wildman–Crippen MR) is 68.6 cm³/mol. The summed E-state index contributed by atoms with van der Waals surface area (Å²) >= 11 is 0. The van der Waals surface area contributed by atoms with Gasteiger partial charge in [0.1, 0.15) is 0 Å². The molecule has 0 bridgehead atoms. The molecule has 2 heterocycles. The summed E-state index contributed by atoms with van der Waals surface area (Å²) in [5, 5.41) is 0. The first-order valence-corrected chi connectivity index (χ1v) is 6.21. The number of fused-ring (bicyclic) bond motifs is 1. The van der Waals surface area contributed by atoms with Crippen LogP contribution in [0.2, 0.25) is 0 Å². The normalized spacial score (nSPS) is 13.9. The number of hydrogen-bond acceptors (Lipinski definition) is 4. The number of carbonyl (C=O) groups is 1. The van der Waals surface area contributed by atoms with E-state index in [0.29, 0.717) is 30.3 Å². The van der Waals surface area contributed by atoms with Gasteiger partial charge in [0.2, 0.25) is 0 Å². The van der Waals surface area contributed by atoms with Crippen LogP contribution in [-0.4, -0.2) is 28.5 Å². The fourth-order valence-electron chi connectivity index (χ4n) is 1.97. The molecule has 1 aromatic carbocycles. The minimum atomic E-state index is 0.0219. The topological polar surface area (TPSA) is 53.4 Å². The van der Waals surface area contributed by atoms with Gasteiger partial charge in [-0.3, -0.25) is 4.79 Å². The van der Waals surface area contributed by atoms with Crippen molar-refractivity contribution < 1.29 is 14.3 Å². The molecule has 0 atom stereocenters. The number of benzene rings is 1. The molecule has 5 heteroatoms. The molecule has 98 valence electrons. The van der Waals surface area contributed by atoms with Crippen molar-refractivity contribution in [2.24, 2.45) is 0 Å². The second-order valence-corrected chi connectivity index (χ2v) is 4.37. The Labute approximate surface area is 110 Å². The van der Waals surface area contributed by atoms with Crippen LogP contribution in [0.5, 0.6) is 11.5 Å². The summed E-state index contributed by atoms with van der Waals surface area (Å²) in [7, 11) is 0. The zero-order valence-electron chi connectivity index (χ0n) is 10.4. The maximum Gasteiger partial charge on any atom is 0.182 e. The van der Waals surface area contributed by atoms with Gasteiger partial charge in [0, 0.05) is 24.4 Å². The molecular formula is C14H14N2O3. The average molecular weight is 258 g/mol. The van der Waals surface area contributed by atoms with Gasteiger partial charge in [-0.2, -0.15) is 0 Å². The molecule has 19 heavy (non-hydrogen) atoms. The first-order valence-electron chi connectivity index (χ1n) is 6.21. The number of rotatable bonds is 3. The SMILES string of the molecule is O=C(Cn1ccnc1)c1ccc2c(c1)OCCCO2. The highest BCUT2D eigenvalue weighted by atomic mass is 16.5. The van der Waals surface area contributed by atoms with Gasteiger partial charge >= 0.3 is 0 Å². The monoisotopic (exact) mass is 258 g/mol. The van der Waals surface area contributed by atoms with Gasteiger partial charge in [0.15, 0.2) is 17.3 Å². The second-order valence-electron chi connectivity index (χ2n) is 4.37. The number of hydrogen-bond donors (Lipinski definition) is 0. The quantitative estimate of drug-likeness (QED) is 0.789. The standard InChI is InChI=1S/C14H14N2O3/c17-12(9-16-5-4-15-10-16)11-2-3-13-14(8-11)19-7-1-6-18-13/h2-5,8,10H,1,6-7,9H2. The Balaban J connectivity index is 1.81. The van der Waals surface area contributed by atoms with E-state index in [9.17, 15) is 4.79 Å². The lowest BCUT2D eigenvalue weighted by Crippen LogP contribution is -2.09. The van der Waals surface area contributed by atoms with Gasteiger partial charge in [-0.15, -0.1) is 0 Å². The molecule has 0 spiro atoms. The molecule has 0 aliphatic carbocycles.